The van der Waals surface area contributed by atoms with Crippen molar-refractivity contribution in [2.45, 2.75) is 0 Å². The Balaban J connectivity index is 2.01. The molecule has 0 saturated carbocycles. The molecule has 0 spiro atoms. The number of ether oxygens (including phenoxy) is 2. The molecule has 0 aliphatic carbocycles. The molecule has 0 saturated heterocycles. The number of aromatic nitrogens is 4. The summed E-state index contributed by atoms with van der Waals surface area (Å²) in [6.07, 6.45) is 4.91. The smallest absolute Gasteiger partial charge is 0.216 e. The fourth-order valence-electron chi connectivity index (χ4n) is 2.19. The maximum Gasteiger partial charge on any atom is 0.216 e. The molecule has 1 aromatic carbocycles. The Bertz CT molecular complexity index is 940. The van der Waals surface area contributed by atoms with Gasteiger partial charge in [-0.1, -0.05) is 0 Å². The number of aromatic hydroxyl groups is 1. The summed E-state index contributed by atoms with van der Waals surface area (Å²) >= 11 is 5.23. The molecular formula is C16H15N5O3S. The van der Waals surface area contributed by atoms with Gasteiger partial charge in [0.2, 0.25) is 10.5 Å². The molecule has 0 radical (unpaired) electrons. The molecule has 2 N–H and O–H groups in total. The lowest BCUT2D eigenvalue weighted by Gasteiger charge is -2.09. The van der Waals surface area contributed by atoms with E-state index < -0.39 is 0 Å². The number of nitrogens with one attached hydrogen (secondary N) is 1. The van der Waals surface area contributed by atoms with E-state index in [-0.39, 0.29) is 17.2 Å². The summed E-state index contributed by atoms with van der Waals surface area (Å²) in [6.45, 7) is 0. The average Bonchev–Trinajstić information content (AvgIpc) is 3.02. The summed E-state index contributed by atoms with van der Waals surface area (Å²) in [5.74, 6) is 1.03. The van der Waals surface area contributed by atoms with Gasteiger partial charge < -0.3 is 14.6 Å². The number of pyridine rings is 1. The highest BCUT2D eigenvalue weighted by Crippen LogP contribution is 2.36. The number of nitrogens with zero attached hydrogens (tertiary/aromatic N) is 4. The molecule has 0 aliphatic rings. The van der Waals surface area contributed by atoms with Crippen molar-refractivity contribution >= 4 is 18.4 Å². The van der Waals surface area contributed by atoms with Crippen molar-refractivity contribution in [2.24, 2.45) is 5.10 Å². The molecule has 0 amide bonds. The quantitative estimate of drug-likeness (QED) is 0.538. The first-order valence-electron chi connectivity index (χ1n) is 7.21. The van der Waals surface area contributed by atoms with E-state index in [9.17, 15) is 5.11 Å². The molecule has 128 valence electrons. The highest BCUT2D eigenvalue weighted by Gasteiger charge is 2.11. The fourth-order valence-corrected chi connectivity index (χ4v) is 2.37. The highest BCUT2D eigenvalue weighted by molar-refractivity contribution is 7.71. The van der Waals surface area contributed by atoms with Gasteiger partial charge in [0.25, 0.3) is 0 Å². The second-order valence-electron chi connectivity index (χ2n) is 4.92. The summed E-state index contributed by atoms with van der Waals surface area (Å²) in [4.78, 5) is 4.07. The minimum atomic E-state index is -0.0712. The first-order chi connectivity index (χ1) is 12.1. The molecule has 2 heterocycles. The Morgan fingerprint density at radius 3 is 2.60 bits per heavy atom. The van der Waals surface area contributed by atoms with Crippen LogP contribution in [-0.4, -0.2) is 45.4 Å². The Morgan fingerprint density at radius 2 is 2.00 bits per heavy atom. The first kappa shape index (κ1) is 16.7. The molecule has 25 heavy (non-hydrogen) atoms. The van der Waals surface area contributed by atoms with Crippen LogP contribution in [0.5, 0.6) is 17.2 Å². The lowest BCUT2D eigenvalue weighted by atomic mass is 10.2. The van der Waals surface area contributed by atoms with Crippen LogP contribution in [0.25, 0.3) is 11.4 Å². The summed E-state index contributed by atoms with van der Waals surface area (Å²) < 4.78 is 12.1. The molecule has 0 unspecified atom stereocenters. The van der Waals surface area contributed by atoms with Crippen LogP contribution in [0.3, 0.4) is 0 Å². The topological polar surface area (TPSA) is 97.6 Å². The van der Waals surface area contributed by atoms with Crippen LogP contribution in [0, 0.1) is 4.77 Å². The van der Waals surface area contributed by atoms with E-state index in [1.54, 1.807) is 36.8 Å². The van der Waals surface area contributed by atoms with Gasteiger partial charge in [0.15, 0.2) is 17.3 Å². The number of H-pyrrole nitrogens is 1. The molecule has 3 aromatic rings. The van der Waals surface area contributed by atoms with Gasteiger partial charge >= 0.3 is 0 Å². The number of hydrogen-bond acceptors (Lipinski definition) is 7. The minimum absolute atomic E-state index is 0.0712. The molecule has 0 fully saturated rings. The molecule has 0 bridgehead atoms. The summed E-state index contributed by atoms with van der Waals surface area (Å²) in [5.41, 5.74) is 1.43. The summed E-state index contributed by atoms with van der Waals surface area (Å²) in [6, 6.07) is 6.93. The van der Waals surface area contributed by atoms with Crippen LogP contribution < -0.4 is 9.47 Å². The number of phenols is 1. The van der Waals surface area contributed by atoms with Crippen molar-refractivity contribution < 1.29 is 14.6 Å². The molecule has 0 atom stereocenters. The Hall–Kier alpha value is -3.20. The van der Waals surface area contributed by atoms with E-state index in [0.717, 1.165) is 5.56 Å². The van der Waals surface area contributed by atoms with Crippen LogP contribution in [-0.2, 0) is 0 Å². The summed E-state index contributed by atoms with van der Waals surface area (Å²) in [5, 5.41) is 21.2. The van der Waals surface area contributed by atoms with Gasteiger partial charge in [-0.15, -0.1) is 0 Å². The minimum Gasteiger partial charge on any atom is -0.502 e. The Labute approximate surface area is 148 Å². The van der Waals surface area contributed by atoms with E-state index in [0.29, 0.717) is 16.2 Å². The maximum atomic E-state index is 9.96. The van der Waals surface area contributed by atoms with Crippen LogP contribution in [0.4, 0.5) is 0 Å². The van der Waals surface area contributed by atoms with Gasteiger partial charge in [-0.3, -0.25) is 4.98 Å². The van der Waals surface area contributed by atoms with Crippen molar-refractivity contribution in [1.29, 1.82) is 0 Å². The molecule has 0 aliphatic heterocycles. The molecule has 9 heteroatoms. The Kier molecular flexibility index (Phi) is 4.75. The number of benzene rings is 1. The van der Waals surface area contributed by atoms with Gasteiger partial charge in [0, 0.05) is 23.5 Å². The number of rotatable bonds is 5. The first-order valence-corrected chi connectivity index (χ1v) is 7.62. The average molecular weight is 357 g/mol. The van der Waals surface area contributed by atoms with Crippen molar-refractivity contribution in [3.8, 4) is 28.6 Å². The number of phenolic OH excluding ortho intramolecular Hbond substituents is 1. The third kappa shape index (κ3) is 3.36. The van der Waals surface area contributed by atoms with Crippen molar-refractivity contribution in [2.75, 3.05) is 14.2 Å². The fraction of sp³-hybridized carbons (Fsp3) is 0.125. The molecule has 2 aromatic heterocycles. The third-order valence-electron chi connectivity index (χ3n) is 3.39. The van der Waals surface area contributed by atoms with Crippen molar-refractivity contribution in [3.63, 3.8) is 0 Å². The van der Waals surface area contributed by atoms with Crippen molar-refractivity contribution in [3.05, 3.63) is 47.0 Å². The van der Waals surface area contributed by atoms with E-state index in [4.69, 9.17) is 21.7 Å². The lowest BCUT2D eigenvalue weighted by Crippen LogP contribution is -1.96. The normalized spacial score (nSPS) is 11.0. The van der Waals surface area contributed by atoms with E-state index in [1.807, 2.05) is 6.07 Å². The van der Waals surface area contributed by atoms with Gasteiger partial charge in [0.05, 0.1) is 20.4 Å². The van der Waals surface area contributed by atoms with Gasteiger partial charge in [-0.05, 0) is 36.5 Å². The molecule has 3 rings (SSSR count). The highest BCUT2D eigenvalue weighted by atomic mass is 32.1. The largest absolute Gasteiger partial charge is 0.502 e. The van der Waals surface area contributed by atoms with Crippen LogP contribution in [0.15, 0.2) is 41.8 Å². The predicted molar refractivity (Wildman–Crippen MR) is 94.8 cm³/mol. The zero-order chi connectivity index (χ0) is 17.8. The van der Waals surface area contributed by atoms with Gasteiger partial charge in [-0.25, -0.2) is 5.10 Å². The summed E-state index contributed by atoms with van der Waals surface area (Å²) in [7, 11) is 2.92. The predicted octanol–water partition coefficient (Wildman–Crippen LogP) is 2.61. The van der Waals surface area contributed by atoms with Crippen LogP contribution in [0.1, 0.15) is 5.56 Å². The monoisotopic (exact) mass is 357 g/mol. The van der Waals surface area contributed by atoms with Crippen LogP contribution in [0.2, 0.25) is 0 Å². The van der Waals surface area contributed by atoms with Gasteiger partial charge in [0.1, 0.15) is 0 Å². The molecular weight excluding hydrogens is 342 g/mol. The number of methoxy groups -OCH3 is 2. The maximum absolute atomic E-state index is 9.96. The SMILES string of the molecule is COc1cc(C=Nn2c(-c3cccnc3)n[nH]c2=S)cc(OC)c1O. The second kappa shape index (κ2) is 7.14. The molecule has 8 nitrogen and oxygen atoms in total. The van der Waals surface area contributed by atoms with Gasteiger partial charge in [-0.2, -0.15) is 14.9 Å². The number of aromatic amines is 1. The standard InChI is InChI=1S/C16H15N5O3S/c1-23-12-6-10(7-13(24-2)14(12)22)8-18-21-15(19-20-16(21)25)11-4-3-5-17-9-11/h3-9,22H,1-2H3,(H,20,25). The Morgan fingerprint density at radius 1 is 1.28 bits per heavy atom. The lowest BCUT2D eigenvalue weighted by molar-refractivity contribution is 0.340. The van der Waals surface area contributed by atoms with Crippen molar-refractivity contribution in [1.82, 2.24) is 19.9 Å². The van der Waals surface area contributed by atoms with E-state index >= 15 is 0 Å². The van der Waals surface area contributed by atoms with Crippen LogP contribution >= 0.6 is 12.2 Å². The zero-order valence-electron chi connectivity index (χ0n) is 13.5. The van der Waals surface area contributed by atoms with E-state index in [1.165, 1.54) is 18.9 Å². The third-order valence-corrected chi connectivity index (χ3v) is 3.66. The van der Waals surface area contributed by atoms with E-state index in [2.05, 4.69) is 20.3 Å². The number of hydrogen-bond donors (Lipinski definition) is 2. The zero-order valence-corrected chi connectivity index (χ0v) is 14.3. The second-order valence-corrected chi connectivity index (χ2v) is 5.31.